The first-order valence-electron chi connectivity index (χ1n) is 11.1. The molecule has 1 fully saturated rings. The van der Waals surface area contributed by atoms with Crippen molar-refractivity contribution in [1.82, 2.24) is 0 Å². The van der Waals surface area contributed by atoms with E-state index in [1.807, 2.05) is 13.8 Å². The van der Waals surface area contributed by atoms with Crippen LogP contribution in [0.3, 0.4) is 0 Å². The molecule has 1 rings (SSSR count). The van der Waals surface area contributed by atoms with Crippen LogP contribution in [0.2, 0.25) is 36.3 Å². The molecule has 8 heteroatoms. The van der Waals surface area contributed by atoms with Crippen LogP contribution >= 0.6 is 0 Å². The van der Waals surface area contributed by atoms with Crippen LogP contribution in [0.4, 0.5) is 4.79 Å². The molecule has 0 radical (unpaired) electrons. The monoisotopic (exact) mass is 462 g/mol. The summed E-state index contributed by atoms with van der Waals surface area (Å²) in [6.45, 7) is 26.8. The highest BCUT2D eigenvalue weighted by Crippen LogP contribution is 2.43. The molecule has 1 N–H and O–H groups in total. The number of hydrogen-bond acceptors (Lipinski definition) is 6. The van der Waals surface area contributed by atoms with Crippen molar-refractivity contribution in [2.45, 2.75) is 116 Å². The lowest BCUT2D eigenvalue weighted by molar-refractivity contribution is -0.0934. The van der Waals surface area contributed by atoms with Gasteiger partial charge in [0.15, 0.2) is 22.7 Å². The summed E-state index contributed by atoms with van der Waals surface area (Å²) in [5.41, 5.74) is -0.648. The van der Waals surface area contributed by atoms with Crippen molar-refractivity contribution in [3.63, 3.8) is 0 Å². The summed E-state index contributed by atoms with van der Waals surface area (Å²) >= 11 is 0. The Kier molecular flexibility index (Phi) is 8.48. The molecule has 0 aromatic heterocycles. The Bertz CT molecular complexity index is 589. The summed E-state index contributed by atoms with van der Waals surface area (Å²) in [5, 5.41) is 11.3. The van der Waals surface area contributed by atoms with Crippen molar-refractivity contribution in [3.8, 4) is 0 Å². The van der Waals surface area contributed by atoms with Gasteiger partial charge in [-0.25, -0.2) is 4.79 Å². The van der Waals surface area contributed by atoms with Gasteiger partial charge in [-0.05, 0) is 42.7 Å². The normalized spacial score (nSPS) is 21.2. The van der Waals surface area contributed by atoms with E-state index in [0.29, 0.717) is 13.0 Å². The van der Waals surface area contributed by atoms with Crippen LogP contribution in [0, 0.1) is 5.41 Å². The molecule has 1 aliphatic rings. The Hall–Kier alpha value is -0.416. The first kappa shape index (κ1) is 27.6. The zero-order valence-electron chi connectivity index (χ0n) is 21.3. The van der Waals surface area contributed by atoms with E-state index in [1.54, 1.807) is 0 Å². The number of cyclic esters (lactones) is 2. The molecule has 0 amide bonds. The SMILES string of the molecule is CC(C)([C@H](CCO[Si](C)(C)C(C)(C)C)O[Si](C)(C)C(C)(C)C)[C@@H](O)[C@@H]1COC(=O)O1. The molecule has 0 unspecified atom stereocenters. The van der Waals surface area contributed by atoms with Crippen molar-refractivity contribution in [2.75, 3.05) is 13.2 Å². The average molecular weight is 463 g/mol. The zero-order valence-corrected chi connectivity index (χ0v) is 23.3. The lowest BCUT2D eigenvalue weighted by Gasteiger charge is -2.47. The number of carbonyl (C=O) groups is 1. The highest BCUT2D eigenvalue weighted by Gasteiger charge is 2.49. The highest BCUT2D eigenvalue weighted by molar-refractivity contribution is 6.74. The molecule has 0 aliphatic carbocycles. The molecule has 0 saturated carbocycles. The van der Waals surface area contributed by atoms with Crippen LogP contribution in [0.25, 0.3) is 0 Å². The lowest BCUT2D eigenvalue weighted by atomic mass is 9.77. The fourth-order valence-corrected chi connectivity index (χ4v) is 5.47. The van der Waals surface area contributed by atoms with Gasteiger partial charge in [-0.2, -0.15) is 0 Å². The number of carbonyl (C=O) groups excluding carboxylic acids is 1. The molecule has 3 atom stereocenters. The van der Waals surface area contributed by atoms with E-state index in [-0.39, 0.29) is 22.8 Å². The zero-order chi connectivity index (χ0) is 23.8. The maximum absolute atomic E-state index is 11.4. The molecule has 1 saturated heterocycles. The van der Waals surface area contributed by atoms with E-state index in [0.717, 1.165) is 0 Å². The molecule has 0 aromatic rings. The van der Waals surface area contributed by atoms with E-state index in [9.17, 15) is 9.90 Å². The average Bonchev–Trinajstić information content (AvgIpc) is 2.97. The Labute approximate surface area is 186 Å². The van der Waals surface area contributed by atoms with Crippen LogP contribution in [0.15, 0.2) is 0 Å². The van der Waals surface area contributed by atoms with E-state index < -0.39 is 40.4 Å². The Morgan fingerprint density at radius 1 is 1.00 bits per heavy atom. The Balaban J connectivity index is 3.06. The smallest absolute Gasteiger partial charge is 0.430 e. The summed E-state index contributed by atoms with van der Waals surface area (Å²) in [7, 11) is -3.99. The van der Waals surface area contributed by atoms with Gasteiger partial charge in [-0.3, -0.25) is 0 Å². The molecular formula is C22H46O6Si2. The predicted molar refractivity (Wildman–Crippen MR) is 126 cm³/mol. The van der Waals surface area contributed by atoms with Gasteiger partial charge < -0.3 is 23.4 Å². The largest absolute Gasteiger partial charge is 0.508 e. The Morgan fingerprint density at radius 3 is 1.90 bits per heavy atom. The van der Waals surface area contributed by atoms with E-state index in [4.69, 9.17) is 18.3 Å². The van der Waals surface area contributed by atoms with E-state index >= 15 is 0 Å². The van der Waals surface area contributed by atoms with Crippen LogP contribution in [0.1, 0.15) is 61.8 Å². The molecular weight excluding hydrogens is 416 g/mol. The summed E-state index contributed by atoms with van der Waals surface area (Å²) in [6.07, 6.45) is -1.87. The molecule has 1 heterocycles. The summed E-state index contributed by atoms with van der Waals surface area (Å²) < 4.78 is 23.3. The highest BCUT2D eigenvalue weighted by atomic mass is 28.4. The van der Waals surface area contributed by atoms with Crippen LogP contribution < -0.4 is 0 Å². The van der Waals surface area contributed by atoms with Gasteiger partial charge in [0, 0.05) is 12.0 Å². The maximum Gasteiger partial charge on any atom is 0.508 e. The first-order chi connectivity index (χ1) is 13.2. The van der Waals surface area contributed by atoms with Gasteiger partial charge in [0.05, 0.1) is 6.10 Å². The fourth-order valence-electron chi connectivity index (χ4n) is 2.92. The van der Waals surface area contributed by atoms with Crippen molar-refractivity contribution in [1.29, 1.82) is 0 Å². The van der Waals surface area contributed by atoms with Crippen molar-refractivity contribution >= 4 is 22.8 Å². The van der Waals surface area contributed by atoms with Gasteiger partial charge in [0.25, 0.3) is 0 Å². The maximum atomic E-state index is 11.4. The Morgan fingerprint density at radius 2 is 1.50 bits per heavy atom. The second-order valence-corrected chi connectivity index (χ2v) is 21.8. The number of aliphatic hydroxyl groups is 1. The van der Waals surface area contributed by atoms with E-state index in [1.165, 1.54) is 0 Å². The third-order valence-corrected chi connectivity index (χ3v) is 16.5. The van der Waals surface area contributed by atoms with Gasteiger partial charge in [0.2, 0.25) is 0 Å². The minimum Gasteiger partial charge on any atom is -0.430 e. The van der Waals surface area contributed by atoms with Crippen molar-refractivity contribution < 1.29 is 28.2 Å². The fraction of sp³-hybridized carbons (Fsp3) is 0.955. The molecule has 0 spiro atoms. The summed E-state index contributed by atoms with van der Waals surface area (Å²) in [4.78, 5) is 11.4. The molecule has 6 nitrogen and oxygen atoms in total. The van der Waals surface area contributed by atoms with Gasteiger partial charge >= 0.3 is 6.16 Å². The molecule has 1 aliphatic heterocycles. The summed E-state index contributed by atoms with van der Waals surface area (Å²) in [5.74, 6) is 0. The number of rotatable bonds is 9. The second kappa shape index (κ2) is 9.21. The standard InChI is InChI=1S/C22H46O6Si2/c1-20(2,3)29(9,10)26-14-13-17(28-30(11,12)21(4,5)6)22(7,8)18(23)16-15-25-19(24)27-16/h16-18,23H,13-15H2,1-12H3/t16-,17-,18-/m0/s1. The van der Waals surface area contributed by atoms with Crippen molar-refractivity contribution in [3.05, 3.63) is 0 Å². The number of ether oxygens (including phenoxy) is 2. The predicted octanol–water partition coefficient (Wildman–Crippen LogP) is 5.71. The van der Waals surface area contributed by atoms with Gasteiger partial charge in [-0.15, -0.1) is 0 Å². The second-order valence-electron chi connectivity index (χ2n) is 12.2. The minimum absolute atomic E-state index is 0.0372. The third-order valence-electron chi connectivity index (χ3n) is 7.45. The summed E-state index contributed by atoms with van der Waals surface area (Å²) in [6, 6.07) is 0. The molecule has 30 heavy (non-hydrogen) atoms. The van der Waals surface area contributed by atoms with Crippen LogP contribution in [0.5, 0.6) is 0 Å². The first-order valence-corrected chi connectivity index (χ1v) is 16.9. The van der Waals surface area contributed by atoms with Gasteiger partial charge in [-0.1, -0.05) is 55.4 Å². The molecule has 0 bridgehead atoms. The number of aliphatic hydroxyl groups excluding tert-OH is 1. The molecule has 178 valence electrons. The molecule has 0 aromatic carbocycles. The van der Waals surface area contributed by atoms with Crippen LogP contribution in [-0.4, -0.2) is 59.4 Å². The third kappa shape index (κ3) is 6.54. The van der Waals surface area contributed by atoms with Crippen molar-refractivity contribution in [2.24, 2.45) is 5.41 Å². The quantitative estimate of drug-likeness (QED) is 0.349. The van der Waals surface area contributed by atoms with Crippen LogP contribution in [-0.2, 0) is 18.3 Å². The topological polar surface area (TPSA) is 74.2 Å². The minimum atomic E-state index is -2.10. The number of hydrogen-bond donors (Lipinski definition) is 1. The lowest BCUT2D eigenvalue weighted by Crippen LogP contribution is -2.54. The van der Waals surface area contributed by atoms with E-state index in [2.05, 4.69) is 67.7 Å². The van der Waals surface area contributed by atoms with Gasteiger partial charge in [0.1, 0.15) is 12.7 Å².